The van der Waals surface area contributed by atoms with E-state index >= 15 is 0 Å². The van der Waals surface area contributed by atoms with Crippen molar-refractivity contribution < 1.29 is 9.57 Å². The zero-order valence-electron chi connectivity index (χ0n) is 8.96. The molecule has 0 aromatic heterocycles. The molecule has 0 N–H and O–H groups in total. The van der Waals surface area contributed by atoms with Gasteiger partial charge >= 0.3 is 0 Å². The van der Waals surface area contributed by atoms with Crippen LogP contribution in [-0.4, -0.2) is 24.5 Å². The van der Waals surface area contributed by atoms with Gasteiger partial charge in [-0.15, -0.1) is 0 Å². The Morgan fingerprint density at radius 1 is 1.46 bits per heavy atom. The molecule has 0 aliphatic carbocycles. The Morgan fingerprint density at radius 3 is 2.62 bits per heavy atom. The summed E-state index contributed by atoms with van der Waals surface area (Å²) in [6.45, 7) is 9.64. The molecule has 0 aromatic carbocycles. The molecule has 0 amide bonds. The standard InChI is InChI=1S/C10H19NO2/c1-8(9-5-6-12-7-9)11-13-10(2,3)4/h9H,5-7H2,1-4H3/b11-8+. The Bertz CT molecular complexity index is 188. The second-order valence-corrected chi connectivity index (χ2v) is 4.50. The molecule has 0 spiro atoms. The average Bonchev–Trinajstić information content (AvgIpc) is 2.50. The highest BCUT2D eigenvalue weighted by atomic mass is 16.6. The molecule has 13 heavy (non-hydrogen) atoms. The molecule has 3 heteroatoms. The van der Waals surface area contributed by atoms with Crippen molar-refractivity contribution in [2.75, 3.05) is 13.2 Å². The smallest absolute Gasteiger partial charge is 0.129 e. The molecule has 1 rings (SSSR count). The molecule has 1 unspecified atom stereocenters. The zero-order chi connectivity index (χ0) is 9.90. The maximum absolute atomic E-state index is 5.34. The third-order valence-corrected chi connectivity index (χ3v) is 1.98. The molecule has 1 aliphatic heterocycles. The summed E-state index contributed by atoms with van der Waals surface area (Å²) in [7, 11) is 0. The van der Waals surface area contributed by atoms with Crippen LogP contribution < -0.4 is 0 Å². The summed E-state index contributed by atoms with van der Waals surface area (Å²) < 4.78 is 5.27. The Hall–Kier alpha value is -0.570. The maximum Gasteiger partial charge on any atom is 0.129 e. The molecule has 0 saturated carbocycles. The summed E-state index contributed by atoms with van der Waals surface area (Å²) in [6, 6.07) is 0. The molecule has 3 nitrogen and oxygen atoms in total. The van der Waals surface area contributed by atoms with Gasteiger partial charge in [0.2, 0.25) is 0 Å². The highest BCUT2D eigenvalue weighted by Crippen LogP contribution is 2.15. The van der Waals surface area contributed by atoms with Crippen molar-refractivity contribution in [2.24, 2.45) is 11.1 Å². The van der Waals surface area contributed by atoms with E-state index in [4.69, 9.17) is 9.57 Å². The number of nitrogens with zero attached hydrogens (tertiary/aromatic N) is 1. The monoisotopic (exact) mass is 185 g/mol. The second-order valence-electron chi connectivity index (χ2n) is 4.50. The Labute approximate surface area is 80.1 Å². The van der Waals surface area contributed by atoms with Crippen LogP contribution in [0, 0.1) is 5.92 Å². The topological polar surface area (TPSA) is 30.8 Å². The number of ether oxygens (including phenoxy) is 1. The van der Waals surface area contributed by atoms with E-state index in [9.17, 15) is 0 Å². The largest absolute Gasteiger partial charge is 0.390 e. The lowest BCUT2D eigenvalue weighted by molar-refractivity contribution is -0.000130. The second kappa shape index (κ2) is 4.09. The van der Waals surface area contributed by atoms with Gasteiger partial charge in [0.05, 0.1) is 12.3 Å². The first kappa shape index (κ1) is 10.5. The summed E-state index contributed by atoms with van der Waals surface area (Å²) in [4.78, 5) is 5.34. The van der Waals surface area contributed by atoms with Gasteiger partial charge in [0.1, 0.15) is 5.60 Å². The molecule has 1 saturated heterocycles. The van der Waals surface area contributed by atoms with Crippen LogP contribution in [-0.2, 0) is 9.57 Å². The third kappa shape index (κ3) is 3.77. The Morgan fingerprint density at radius 2 is 2.15 bits per heavy atom. The van der Waals surface area contributed by atoms with Crippen LogP contribution in [0.15, 0.2) is 5.16 Å². The van der Waals surface area contributed by atoms with E-state index in [1.165, 1.54) is 0 Å². The molecule has 0 aromatic rings. The van der Waals surface area contributed by atoms with Crippen molar-refractivity contribution in [1.82, 2.24) is 0 Å². The molecule has 0 radical (unpaired) electrons. The van der Waals surface area contributed by atoms with Gasteiger partial charge < -0.3 is 9.57 Å². The summed E-state index contributed by atoms with van der Waals surface area (Å²) in [5, 5.41) is 4.11. The van der Waals surface area contributed by atoms with Crippen molar-refractivity contribution in [2.45, 2.75) is 39.7 Å². The minimum atomic E-state index is -0.194. The summed E-state index contributed by atoms with van der Waals surface area (Å²) in [6.07, 6.45) is 1.07. The van der Waals surface area contributed by atoms with Gasteiger partial charge in [-0.2, -0.15) is 0 Å². The summed E-state index contributed by atoms with van der Waals surface area (Å²) in [5.74, 6) is 0.461. The van der Waals surface area contributed by atoms with Gasteiger partial charge in [-0.3, -0.25) is 0 Å². The van der Waals surface area contributed by atoms with E-state index in [1.54, 1.807) is 0 Å². The number of rotatable bonds is 2. The molecule has 0 bridgehead atoms. The minimum absolute atomic E-state index is 0.194. The van der Waals surface area contributed by atoms with Gasteiger partial charge in [-0.25, -0.2) is 0 Å². The molecule has 76 valence electrons. The van der Waals surface area contributed by atoms with Crippen LogP contribution in [0.3, 0.4) is 0 Å². The molecule has 1 heterocycles. The normalized spacial score (nSPS) is 24.9. The fraction of sp³-hybridized carbons (Fsp3) is 0.900. The number of hydrogen-bond donors (Lipinski definition) is 0. The first-order valence-electron chi connectivity index (χ1n) is 4.79. The van der Waals surface area contributed by atoms with Crippen molar-refractivity contribution in [3.63, 3.8) is 0 Å². The molecular weight excluding hydrogens is 166 g/mol. The van der Waals surface area contributed by atoms with Crippen LogP contribution in [0.4, 0.5) is 0 Å². The predicted octanol–water partition coefficient (Wildman–Crippen LogP) is 2.21. The fourth-order valence-corrected chi connectivity index (χ4v) is 1.15. The lowest BCUT2D eigenvalue weighted by Gasteiger charge is -2.17. The summed E-state index contributed by atoms with van der Waals surface area (Å²) in [5.41, 5.74) is 0.855. The van der Waals surface area contributed by atoms with E-state index in [0.717, 1.165) is 25.3 Å². The van der Waals surface area contributed by atoms with Gasteiger partial charge in [0, 0.05) is 12.5 Å². The van der Waals surface area contributed by atoms with Crippen molar-refractivity contribution in [3.05, 3.63) is 0 Å². The first-order valence-corrected chi connectivity index (χ1v) is 4.79. The molecular formula is C10H19NO2. The molecule has 1 fully saturated rings. The van der Waals surface area contributed by atoms with Crippen molar-refractivity contribution >= 4 is 5.71 Å². The van der Waals surface area contributed by atoms with Crippen LogP contribution in [0.2, 0.25) is 0 Å². The van der Waals surface area contributed by atoms with Gasteiger partial charge in [-0.1, -0.05) is 5.16 Å². The van der Waals surface area contributed by atoms with E-state index < -0.39 is 0 Å². The lowest BCUT2D eigenvalue weighted by atomic mass is 10.0. The van der Waals surface area contributed by atoms with Crippen LogP contribution in [0.1, 0.15) is 34.1 Å². The SMILES string of the molecule is C/C(=N\OC(C)(C)C)C1CCOC1. The van der Waals surface area contributed by atoms with Crippen molar-refractivity contribution in [3.8, 4) is 0 Å². The fourth-order valence-electron chi connectivity index (χ4n) is 1.15. The van der Waals surface area contributed by atoms with Crippen LogP contribution in [0.25, 0.3) is 0 Å². The van der Waals surface area contributed by atoms with E-state index in [2.05, 4.69) is 5.16 Å². The highest BCUT2D eigenvalue weighted by Gasteiger charge is 2.19. The van der Waals surface area contributed by atoms with E-state index in [1.807, 2.05) is 27.7 Å². The number of hydrogen-bond acceptors (Lipinski definition) is 3. The Kier molecular flexibility index (Phi) is 3.31. The van der Waals surface area contributed by atoms with Crippen molar-refractivity contribution in [1.29, 1.82) is 0 Å². The minimum Gasteiger partial charge on any atom is -0.390 e. The molecule has 1 atom stereocenters. The van der Waals surface area contributed by atoms with Gasteiger partial charge in [-0.05, 0) is 34.1 Å². The lowest BCUT2D eigenvalue weighted by Crippen LogP contribution is -2.19. The average molecular weight is 185 g/mol. The highest BCUT2D eigenvalue weighted by molar-refractivity contribution is 5.84. The Balaban J connectivity index is 2.41. The van der Waals surface area contributed by atoms with Crippen LogP contribution in [0.5, 0.6) is 0 Å². The van der Waals surface area contributed by atoms with E-state index in [-0.39, 0.29) is 5.60 Å². The number of oxime groups is 1. The quantitative estimate of drug-likeness (QED) is 0.488. The predicted molar refractivity (Wildman–Crippen MR) is 52.9 cm³/mol. The molecule has 1 aliphatic rings. The third-order valence-electron chi connectivity index (χ3n) is 1.98. The first-order chi connectivity index (χ1) is 5.99. The zero-order valence-corrected chi connectivity index (χ0v) is 8.96. The van der Waals surface area contributed by atoms with Crippen LogP contribution >= 0.6 is 0 Å². The van der Waals surface area contributed by atoms with E-state index in [0.29, 0.717) is 5.92 Å². The van der Waals surface area contributed by atoms with Gasteiger partial charge in [0.15, 0.2) is 0 Å². The summed E-state index contributed by atoms with van der Waals surface area (Å²) >= 11 is 0. The van der Waals surface area contributed by atoms with Gasteiger partial charge in [0.25, 0.3) is 0 Å². The maximum atomic E-state index is 5.34.